The van der Waals surface area contributed by atoms with E-state index < -0.39 is 0 Å². The van der Waals surface area contributed by atoms with Crippen LogP contribution in [-0.2, 0) is 0 Å². The van der Waals surface area contributed by atoms with Crippen molar-refractivity contribution in [3.8, 4) is 5.75 Å². The summed E-state index contributed by atoms with van der Waals surface area (Å²) in [6, 6.07) is 3.77. The summed E-state index contributed by atoms with van der Waals surface area (Å²) < 4.78 is 5.58. The molecule has 14 heavy (non-hydrogen) atoms. The Morgan fingerprint density at radius 2 is 2.57 bits per heavy atom. The van der Waals surface area contributed by atoms with E-state index in [1.165, 1.54) is 0 Å². The van der Waals surface area contributed by atoms with Gasteiger partial charge in [0.1, 0.15) is 12.4 Å². The molecule has 3 nitrogen and oxygen atoms in total. The first-order valence-corrected chi connectivity index (χ1v) is 5.06. The van der Waals surface area contributed by atoms with Crippen LogP contribution in [0.3, 0.4) is 0 Å². The predicted molar refractivity (Wildman–Crippen MR) is 55.0 cm³/mol. The first-order valence-electron chi connectivity index (χ1n) is 5.06. The zero-order valence-electron chi connectivity index (χ0n) is 8.44. The Labute approximate surface area is 84.3 Å². The highest BCUT2D eigenvalue weighted by molar-refractivity contribution is 5.17. The molecule has 1 heterocycles. The molecular weight excluding hydrogens is 176 g/mol. The number of nitrogens with two attached hydrogens (primary N) is 1. The van der Waals surface area contributed by atoms with Gasteiger partial charge in [0.05, 0.1) is 11.7 Å². The predicted octanol–water partition coefficient (Wildman–Crippen LogP) is 1.59. The lowest BCUT2D eigenvalue weighted by Crippen LogP contribution is -2.32. The first kappa shape index (κ1) is 9.46. The summed E-state index contributed by atoms with van der Waals surface area (Å²) in [5, 5.41) is 0. The van der Waals surface area contributed by atoms with E-state index in [0.717, 1.165) is 18.6 Å². The highest BCUT2D eigenvalue weighted by Crippen LogP contribution is 2.43. The van der Waals surface area contributed by atoms with Gasteiger partial charge in [-0.2, -0.15) is 0 Å². The Kier molecular flexibility index (Phi) is 2.42. The van der Waals surface area contributed by atoms with Gasteiger partial charge in [0.2, 0.25) is 0 Å². The number of rotatable bonds is 4. The van der Waals surface area contributed by atoms with Gasteiger partial charge in [0.25, 0.3) is 0 Å². The van der Waals surface area contributed by atoms with Crippen molar-refractivity contribution in [3.63, 3.8) is 0 Å². The summed E-state index contributed by atoms with van der Waals surface area (Å²) in [5.41, 5.74) is 6.02. The molecule has 1 saturated carbocycles. The zero-order valence-corrected chi connectivity index (χ0v) is 8.44. The van der Waals surface area contributed by atoms with Crippen molar-refractivity contribution in [2.24, 2.45) is 11.7 Å². The Morgan fingerprint density at radius 3 is 3.14 bits per heavy atom. The molecule has 2 atom stereocenters. The van der Waals surface area contributed by atoms with Crippen LogP contribution in [0.2, 0.25) is 0 Å². The number of aromatic nitrogens is 1. The van der Waals surface area contributed by atoms with Crippen LogP contribution >= 0.6 is 0 Å². The standard InChI is InChI=1S/C11H16N2O/c1-2-9-6-11(9,12)8-14-10-4-3-5-13-7-10/h3-5,7,9H,2,6,8,12H2,1H3/t9-,11+/m1/s1. The molecule has 0 aromatic carbocycles. The molecule has 0 amide bonds. The molecule has 1 aliphatic rings. The average molecular weight is 192 g/mol. The van der Waals surface area contributed by atoms with Gasteiger partial charge in [-0.3, -0.25) is 4.98 Å². The van der Waals surface area contributed by atoms with Crippen LogP contribution in [-0.4, -0.2) is 17.1 Å². The Bertz CT molecular complexity index is 301. The maximum Gasteiger partial charge on any atom is 0.137 e. The third-order valence-electron chi connectivity index (χ3n) is 2.91. The van der Waals surface area contributed by atoms with Crippen LogP contribution in [0.15, 0.2) is 24.5 Å². The normalized spacial score (nSPS) is 30.0. The molecule has 0 aliphatic heterocycles. The number of hydrogen-bond donors (Lipinski definition) is 1. The molecule has 0 saturated heterocycles. The molecule has 1 aromatic rings. The fourth-order valence-corrected chi connectivity index (χ4v) is 1.78. The second kappa shape index (κ2) is 3.58. The third kappa shape index (κ3) is 1.87. The van der Waals surface area contributed by atoms with Crippen molar-refractivity contribution >= 4 is 0 Å². The molecule has 2 rings (SSSR count). The largest absolute Gasteiger partial charge is 0.490 e. The van der Waals surface area contributed by atoms with Gasteiger partial charge >= 0.3 is 0 Å². The van der Waals surface area contributed by atoms with Crippen LogP contribution < -0.4 is 10.5 Å². The zero-order chi connectivity index (χ0) is 10.0. The molecule has 2 N–H and O–H groups in total. The van der Waals surface area contributed by atoms with E-state index in [1.807, 2.05) is 12.1 Å². The van der Waals surface area contributed by atoms with Gasteiger partial charge in [-0.1, -0.05) is 13.3 Å². The van der Waals surface area contributed by atoms with E-state index in [0.29, 0.717) is 12.5 Å². The SMILES string of the molecule is CC[C@@H]1C[C@]1(N)COc1cccnc1. The van der Waals surface area contributed by atoms with Gasteiger partial charge in [-0.15, -0.1) is 0 Å². The van der Waals surface area contributed by atoms with Gasteiger partial charge in [0, 0.05) is 6.20 Å². The lowest BCUT2D eigenvalue weighted by molar-refractivity contribution is 0.268. The van der Waals surface area contributed by atoms with Gasteiger partial charge in [-0.25, -0.2) is 0 Å². The average Bonchev–Trinajstić information content (AvgIpc) is 2.89. The van der Waals surface area contributed by atoms with Gasteiger partial charge in [-0.05, 0) is 24.5 Å². The van der Waals surface area contributed by atoms with Gasteiger partial charge < -0.3 is 10.5 Å². The van der Waals surface area contributed by atoms with Crippen molar-refractivity contribution in [2.45, 2.75) is 25.3 Å². The third-order valence-corrected chi connectivity index (χ3v) is 2.91. The molecular formula is C11H16N2O. The van der Waals surface area contributed by atoms with E-state index in [9.17, 15) is 0 Å². The second-order valence-corrected chi connectivity index (χ2v) is 4.02. The van der Waals surface area contributed by atoms with Crippen molar-refractivity contribution in [3.05, 3.63) is 24.5 Å². The fourth-order valence-electron chi connectivity index (χ4n) is 1.78. The Balaban J connectivity index is 1.84. The highest BCUT2D eigenvalue weighted by Gasteiger charge is 2.50. The maximum absolute atomic E-state index is 6.10. The minimum Gasteiger partial charge on any atom is -0.490 e. The van der Waals surface area contributed by atoms with E-state index in [2.05, 4.69) is 11.9 Å². The van der Waals surface area contributed by atoms with Gasteiger partial charge in [0.15, 0.2) is 0 Å². The fraction of sp³-hybridized carbons (Fsp3) is 0.545. The molecule has 0 radical (unpaired) electrons. The minimum absolute atomic E-state index is 0.0788. The topological polar surface area (TPSA) is 48.1 Å². The Morgan fingerprint density at radius 1 is 1.71 bits per heavy atom. The van der Waals surface area contributed by atoms with Crippen LogP contribution in [0.5, 0.6) is 5.75 Å². The number of hydrogen-bond acceptors (Lipinski definition) is 3. The molecule has 0 spiro atoms. The first-order chi connectivity index (χ1) is 6.74. The Hall–Kier alpha value is -1.09. The van der Waals surface area contributed by atoms with Crippen molar-refractivity contribution in [1.82, 2.24) is 4.98 Å². The molecule has 3 heteroatoms. The van der Waals surface area contributed by atoms with E-state index in [-0.39, 0.29) is 5.54 Å². The lowest BCUT2D eigenvalue weighted by Gasteiger charge is -2.12. The number of ether oxygens (including phenoxy) is 1. The molecule has 1 aromatic heterocycles. The summed E-state index contributed by atoms with van der Waals surface area (Å²) in [6.07, 6.45) is 5.68. The number of pyridine rings is 1. The summed E-state index contributed by atoms with van der Waals surface area (Å²) in [5.74, 6) is 1.44. The molecule has 0 unspecified atom stereocenters. The van der Waals surface area contributed by atoms with Crippen molar-refractivity contribution in [2.75, 3.05) is 6.61 Å². The van der Waals surface area contributed by atoms with Crippen molar-refractivity contribution < 1.29 is 4.74 Å². The van der Waals surface area contributed by atoms with E-state index in [1.54, 1.807) is 12.4 Å². The molecule has 1 aliphatic carbocycles. The van der Waals surface area contributed by atoms with Crippen LogP contribution in [0, 0.1) is 5.92 Å². The molecule has 0 bridgehead atoms. The molecule has 1 fully saturated rings. The summed E-state index contributed by atoms with van der Waals surface area (Å²) in [6.45, 7) is 2.78. The lowest BCUT2D eigenvalue weighted by atomic mass is 10.2. The summed E-state index contributed by atoms with van der Waals surface area (Å²) in [4.78, 5) is 3.98. The summed E-state index contributed by atoms with van der Waals surface area (Å²) >= 11 is 0. The maximum atomic E-state index is 6.10. The summed E-state index contributed by atoms with van der Waals surface area (Å²) in [7, 11) is 0. The van der Waals surface area contributed by atoms with Crippen molar-refractivity contribution in [1.29, 1.82) is 0 Å². The molecule has 76 valence electrons. The smallest absolute Gasteiger partial charge is 0.137 e. The van der Waals surface area contributed by atoms with Crippen LogP contribution in [0.25, 0.3) is 0 Å². The minimum atomic E-state index is -0.0788. The van der Waals surface area contributed by atoms with E-state index >= 15 is 0 Å². The second-order valence-electron chi connectivity index (χ2n) is 4.02. The van der Waals surface area contributed by atoms with Crippen LogP contribution in [0.1, 0.15) is 19.8 Å². The number of nitrogens with zero attached hydrogens (tertiary/aromatic N) is 1. The van der Waals surface area contributed by atoms with Crippen LogP contribution in [0.4, 0.5) is 0 Å². The monoisotopic (exact) mass is 192 g/mol. The van der Waals surface area contributed by atoms with E-state index in [4.69, 9.17) is 10.5 Å². The quantitative estimate of drug-likeness (QED) is 0.788. The highest BCUT2D eigenvalue weighted by atomic mass is 16.5.